The molecule has 0 saturated carbocycles. The Bertz CT molecular complexity index is 1400. The number of rotatable bonds is 10. The minimum absolute atomic E-state index is 0.00553. The van der Waals surface area contributed by atoms with E-state index in [4.69, 9.17) is 4.74 Å². The van der Waals surface area contributed by atoms with Crippen LogP contribution in [0, 0.1) is 6.92 Å². The third-order valence-electron chi connectivity index (χ3n) is 7.10. The van der Waals surface area contributed by atoms with Gasteiger partial charge in [-0.2, -0.15) is 0 Å². The van der Waals surface area contributed by atoms with Gasteiger partial charge in [-0.15, -0.1) is 5.10 Å². The summed E-state index contributed by atoms with van der Waals surface area (Å²) in [5, 5.41) is 11.5. The number of hydrogen-bond donors (Lipinski definition) is 1. The van der Waals surface area contributed by atoms with Crippen molar-refractivity contribution < 1.29 is 14.3 Å². The number of carbonyl (C=O) groups excluding carboxylic acids is 2. The molecule has 1 aliphatic heterocycles. The van der Waals surface area contributed by atoms with Crippen LogP contribution in [-0.4, -0.2) is 62.1 Å². The number of benzene rings is 2. The molecule has 1 aliphatic rings. The molecule has 198 valence electrons. The van der Waals surface area contributed by atoms with E-state index in [9.17, 15) is 9.59 Å². The van der Waals surface area contributed by atoms with Crippen LogP contribution in [-0.2, 0) is 34.3 Å². The van der Waals surface area contributed by atoms with Gasteiger partial charge in [-0.1, -0.05) is 47.2 Å². The molecule has 2 aromatic heterocycles. The van der Waals surface area contributed by atoms with Crippen LogP contribution in [0.3, 0.4) is 0 Å². The second-order valence-corrected chi connectivity index (χ2v) is 9.89. The third-order valence-corrected chi connectivity index (χ3v) is 7.10. The molecule has 1 fully saturated rings. The summed E-state index contributed by atoms with van der Waals surface area (Å²) in [5.41, 5.74) is 4.51. The summed E-state index contributed by atoms with van der Waals surface area (Å²) >= 11 is 0. The van der Waals surface area contributed by atoms with Gasteiger partial charge in [-0.3, -0.25) is 9.59 Å². The van der Waals surface area contributed by atoms with Gasteiger partial charge in [0.2, 0.25) is 11.8 Å². The largest absolute Gasteiger partial charge is 0.376 e. The van der Waals surface area contributed by atoms with Crippen molar-refractivity contribution in [3.8, 4) is 0 Å². The van der Waals surface area contributed by atoms with Crippen LogP contribution in [0.25, 0.3) is 11.0 Å². The van der Waals surface area contributed by atoms with Crippen molar-refractivity contribution in [2.75, 3.05) is 19.7 Å². The van der Waals surface area contributed by atoms with E-state index in [0.29, 0.717) is 19.5 Å². The van der Waals surface area contributed by atoms with Crippen molar-refractivity contribution in [1.29, 1.82) is 0 Å². The smallest absolute Gasteiger partial charge is 0.249 e. The number of fused-ring (bicyclic) bond motifs is 1. The third kappa shape index (κ3) is 5.78. The highest BCUT2D eigenvalue weighted by Gasteiger charge is 2.34. The van der Waals surface area contributed by atoms with Crippen LogP contribution in [0.2, 0.25) is 0 Å². The maximum Gasteiger partial charge on any atom is 0.249 e. The van der Waals surface area contributed by atoms with E-state index in [-0.39, 0.29) is 24.5 Å². The van der Waals surface area contributed by atoms with Crippen molar-refractivity contribution in [1.82, 2.24) is 29.8 Å². The van der Waals surface area contributed by atoms with Crippen LogP contribution in [0.5, 0.6) is 0 Å². The van der Waals surface area contributed by atoms with Gasteiger partial charge < -0.3 is 19.5 Å². The molecule has 2 amide bonds. The molecule has 1 saturated heterocycles. The maximum absolute atomic E-state index is 14.0. The van der Waals surface area contributed by atoms with Crippen molar-refractivity contribution >= 4 is 22.8 Å². The number of carbonyl (C=O) groups is 2. The first kappa shape index (κ1) is 25.7. The molecule has 1 N–H and O–H groups in total. The standard InChI is InChI=1S/C29H34N6O3/c1-21-8-5-9-22(18-21)14-16-34(27(36)20-35-25-12-4-3-11-24(25)31-32-35)28(26-13-6-15-33(26)2)29(37)30-19-23-10-7-17-38-23/h3-6,8-9,11-13,15,18,23,28H,7,10,14,16-17,19-20H2,1-2H3,(H,30,37)/t23-,28-/m0/s1. The predicted octanol–water partition coefficient (Wildman–Crippen LogP) is 3.19. The lowest BCUT2D eigenvalue weighted by Crippen LogP contribution is -2.47. The highest BCUT2D eigenvalue weighted by Crippen LogP contribution is 2.24. The molecule has 2 atom stereocenters. The SMILES string of the molecule is Cc1cccc(CCN(C(=O)Cn2nnc3ccccc32)[C@H](C(=O)NC[C@@H]2CCCO2)c2cccn2C)c1. The van der Waals surface area contributed by atoms with E-state index < -0.39 is 6.04 Å². The second-order valence-electron chi connectivity index (χ2n) is 9.89. The lowest BCUT2D eigenvalue weighted by Gasteiger charge is -2.32. The fourth-order valence-corrected chi connectivity index (χ4v) is 5.08. The average molecular weight is 515 g/mol. The van der Waals surface area contributed by atoms with Gasteiger partial charge in [0, 0.05) is 38.6 Å². The Hall–Kier alpha value is -3.98. The van der Waals surface area contributed by atoms with Gasteiger partial charge in [-0.05, 0) is 56.0 Å². The Kier molecular flexibility index (Phi) is 7.83. The summed E-state index contributed by atoms with van der Waals surface area (Å²) in [6.45, 7) is 3.54. The van der Waals surface area contributed by atoms with Crippen LogP contribution in [0.4, 0.5) is 0 Å². The van der Waals surface area contributed by atoms with E-state index in [1.165, 1.54) is 0 Å². The highest BCUT2D eigenvalue weighted by atomic mass is 16.5. The average Bonchev–Trinajstić information content (AvgIpc) is 3.67. The van der Waals surface area contributed by atoms with Crippen molar-refractivity contribution in [2.45, 2.75) is 44.9 Å². The molecule has 0 unspecified atom stereocenters. The number of aryl methyl sites for hydroxylation is 2. The number of nitrogens with one attached hydrogen (secondary N) is 1. The minimum Gasteiger partial charge on any atom is -0.376 e. The van der Waals surface area contributed by atoms with Gasteiger partial charge in [0.1, 0.15) is 12.1 Å². The fourth-order valence-electron chi connectivity index (χ4n) is 5.08. The first-order chi connectivity index (χ1) is 18.5. The Morgan fingerprint density at radius 2 is 2.03 bits per heavy atom. The summed E-state index contributed by atoms with van der Waals surface area (Å²) in [4.78, 5) is 29.4. The zero-order chi connectivity index (χ0) is 26.5. The van der Waals surface area contributed by atoms with Crippen LogP contribution < -0.4 is 5.32 Å². The normalized spacial score (nSPS) is 16.0. The summed E-state index contributed by atoms with van der Waals surface area (Å²) < 4.78 is 9.21. The van der Waals surface area contributed by atoms with E-state index in [1.807, 2.05) is 73.3 Å². The summed E-state index contributed by atoms with van der Waals surface area (Å²) in [5.74, 6) is -0.421. The highest BCUT2D eigenvalue weighted by molar-refractivity contribution is 5.89. The minimum atomic E-state index is -0.802. The van der Waals surface area contributed by atoms with Gasteiger partial charge in [-0.25, -0.2) is 4.68 Å². The summed E-state index contributed by atoms with van der Waals surface area (Å²) in [6.07, 6.45) is 4.43. The number of nitrogens with zero attached hydrogens (tertiary/aromatic N) is 5. The van der Waals surface area contributed by atoms with Gasteiger partial charge in [0.05, 0.1) is 11.6 Å². The Morgan fingerprint density at radius 3 is 2.79 bits per heavy atom. The van der Waals surface area contributed by atoms with Gasteiger partial charge >= 0.3 is 0 Å². The first-order valence-electron chi connectivity index (χ1n) is 13.1. The zero-order valence-corrected chi connectivity index (χ0v) is 21.9. The van der Waals surface area contributed by atoms with Crippen molar-refractivity contribution in [3.05, 3.63) is 83.7 Å². The van der Waals surface area contributed by atoms with E-state index in [1.54, 1.807) is 9.58 Å². The van der Waals surface area contributed by atoms with Crippen LogP contribution >= 0.6 is 0 Å². The Morgan fingerprint density at radius 1 is 1.16 bits per heavy atom. The van der Waals surface area contributed by atoms with E-state index in [0.717, 1.165) is 47.3 Å². The number of amides is 2. The molecule has 9 heteroatoms. The number of para-hydroxylation sites is 1. The summed E-state index contributed by atoms with van der Waals surface area (Å²) in [6, 6.07) is 18.8. The number of hydrogen-bond acceptors (Lipinski definition) is 5. The molecule has 3 heterocycles. The van der Waals surface area contributed by atoms with Crippen LogP contribution in [0.1, 0.15) is 35.7 Å². The quantitative estimate of drug-likeness (QED) is 0.351. The molecule has 0 aliphatic carbocycles. The van der Waals surface area contributed by atoms with E-state index in [2.05, 4.69) is 27.8 Å². The molecule has 9 nitrogen and oxygen atoms in total. The molecule has 38 heavy (non-hydrogen) atoms. The molecule has 2 aromatic carbocycles. The Labute approximate surface area is 222 Å². The molecular formula is C29H34N6O3. The molecule has 0 bridgehead atoms. The fraction of sp³-hybridized carbons (Fsp3) is 0.379. The monoisotopic (exact) mass is 514 g/mol. The molecule has 5 rings (SSSR count). The molecule has 0 radical (unpaired) electrons. The van der Waals surface area contributed by atoms with Gasteiger partial charge in [0.25, 0.3) is 0 Å². The maximum atomic E-state index is 14.0. The molecule has 0 spiro atoms. The molecular weight excluding hydrogens is 480 g/mol. The Balaban J connectivity index is 1.45. The first-order valence-corrected chi connectivity index (χ1v) is 13.1. The van der Waals surface area contributed by atoms with Crippen molar-refractivity contribution in [3.63, 3.8) is 0 Å². The van der Waals surface area contributed by atoms with Gasteiger partial charge in [0.15, 0.2) is 6.04 Å². The lowest BCUT2D eigenvalue weighted by molar-refractivity contribution is -0.141. The molecule has 4 aromatic rings. The topological polar surface area (TPSA) is 94.3 Å². The summed E-state index contributed by atoms with van der Waals surface area (Å²) in [7, 11) is 1.89. The van der Waals surface area contributed by atoms with E-state index >= 15 is 0 Å². The van der Waals surface area contributed by atoms with Crippen LogP contribution in [0.15, 0.2) is 66.9 Å². The van der Waals surface area contributed by atoms with Crippen molar-refractivity contribution in [2.24, 2.45) is 7.05 Å². The number of ether oxygens (including phenoxy) is 1. The number of aromatic nitrogens is 4. The second kappa shape index (κ2) is 11.6. The zero-order valence-electron chi connectivity index (χ0n) is 21.9. The lowest BCUT2D eigenvalue weighted by atomic mass is 10.1. The predicted molar refractivity (Wildman–Crippen MR) is 144 cm³/mol.